The Balaban J connectivity index is 2.26. The maximum atomic E-state index is 13.2. The maximum absolute atomic E-state index is 13.2. The Hall–Kier alpha value is -2.16. The Kier molecular flexibility index (Phi) is 7.79. The van der Waals surface area contributed by atoms with Crippen molar-refractivity contribution in [1.29, 1.82) is 0 Å². The summed E-state index contributed by atoms with van der Waals surface area (Å²) < 4.78 is 10.7. The van der Waals surface area contributed by atoms with Crippen molar-refractivity contribution in [2.24, 2.45) is 5.73 Å². The predicted molar refractivity (Wildman–Crippen MR) is 124 cm³/mol. The predicted octanol–water partition coefficient (Wildman–Crippen LogP) is 4.34. The zero-order chi connectivity index (χ0) is 23.6. The number of thioether (sulfide) groups is 1. The second-order valence-electron chi connectivity index (χ2n) is 7.26. The summed E-state index contributed by atoms with van der Waals surface area (Å²) in [6.45, 7) is 5.64. The minimum Gasteiger partial charge on any atom is -0.463 e. The molecule has 3 rings (SSSR count). The number of unbranched alkanes of at least 4 members (excludes halogenated alkanes) is 1. The quantitative estimate of drug-likeness (QED) is 0.440. The molecule has 0 aromatic heterocycles. The number of hydrogen-bond donors (Lipinski definition) is 1. The number of benzene rings is 1. The number of carbonyl (C=O) groups is 3. The lowest BCUT2D eigenvalue weighted by Crippen LogP contribution is -2.40. The molecule has 2 N–H and O–H groups in total. The van der Waals surface area contributed by atoms with E-state index in [4.69, 9.17) is 38.4 Å². The molecule has 1 aromatic carbocycles. The first-order chi connectivity index (χ1) is 15.2. The van der Waals surface area contributed by atoms with Gasteiger partial charge in [0, 0.05) is 10.0 Å². The van der Waals surface area contributed by atoms with Gasteiger partial charge in [-0.25, -0.2) is 9.59 Å². The summed E-state index contributed by atoms with van der Waals surface area (Å²) in [6.07, 6.45) is 1.48. The number of amides is 1. The minimum absolute atomic E-state index is 0.0276. The summed E-state index contributed by atoms with van der Waals surface area (Å²) in [5.74, 6) is -2.77. The van der Waals surface area contributed by atoms with Crippen LogP contribution < -0.4 is 5.73 Å². The van der Waals surface area contributed by atoms with E-state index in [9.17, 15) is 14.4 Å². The van der Waals surface area contributed by atoms with Crippen molar-refractivity contribution in [3.05, 3.63) is 55.8 Å². The van der Waals surface area contributed by atoms with Crippen LogP contribution in [0.2, 0.25) is 10.0 Å². The second kappa shape index (κ2) is 10.2. The number of ether oxygens (including phenoxy) is 2. The van der Waals surface area contributed by atoms with Crippen molar-refractivity contribution in [1.82, 2.24) is 4.90 Å². The van der Waals surface area contributed by atoms with Crippen molar-refractivity contribution in [3.63, 3.8) is 0 Å². The number of halogens is 2. The smallest absolute Gasteiger partial charge is 0.338 e. The minimum atomic E-state index is -0.982. The fourth-order valence-corrected chi connectivity index (χ4v) is 5.25. The van der Waals surface area contributed by atoms with E-state index >= 15 is 0 Å². The molecule has 0 spiro atoms. The number of esters is 2. The number of nitrogens with zero attached hydrogens (tertiary/aromatic N) is 1. The molecule has 0 saturated carbocycles. The van der Waals surface area contributed by atoms with Gasteiger partial charge in [0.15, 0.2) is 0 Å². The molecule has 0 aliphatic carbocycles. The SMILES string of the molecule is CCCCOC(=O)C1=C(N)N2C(=O)[C@@H](C)SC2=C(C(=O)OCC)[C@@H]1c1ccc(Cl)cc1Cl. The molecule has 32 heavy (non-hydrogen) atoms. The molecule has 2 heterocycles. The van der Waals surface area contributed by atoms with Crippen molar-refractivity contribution in [3.8, 4) is 0 Å². The Morgan fingerprint density at radius 2 is 1.84 bits per heavy atom. The van der Waals surface area contributed by atoms with Gasteiger partial charge in [-0.2, -0.15) is 0 Å². The largest absolute Gasteiger partial charge is 0.463 e. The molecular formula is C22H24Cl2N2O5S. The number of rotatable bonds is 7. The Labute approximate surface area is 200 Å². The Morgan fingerprint density at radius 1 is 1.16 bits per heavy atom. The summed E-state index contributed by atoms with van der Waals surface area (Å²) in [7, 11) is 0. The molecule has 1 fully saturated rings. The normalized spacial score (nSPS) is 20.5. The highest BCUT2D eigenvalue weighted by atomic mass is 35.5. The summed E-state index contributed by atoms with van der Waals surface area (Å²) in [6, 6.07) is 4.75. The highest BCUT2D eigenvalue weighted by Crippen LogP contribution is 2.51. The third-order valence-corrected chi connectivity index (χ3v) is 6.85. The van der Waals surface area contributed by atoms with Gasteiger partial charge in [-0.05, 0) is 38.0 Å². The van der Waals surface area contributed by atoms with Gasteiger partial charge in [0.25, 0.3) is 0 Å². The van der Waals surface area contributed by atoms with Gasteiger partial charge >= 0.3 is 11.9 Å². The first-order valence-corrected chi connectivity index (χ1v) is 11.9. The second-order valence-corrected chi connectivity index (χ2v) is 9.43. The van der Waals surface area contributed by atoms with E-state index in [1.54, 1.807) is 26.0 Å². The molecule has 0 radical (unpaired) electrons. The topological polar surface area (TPSA) is 98.9 Å². The van der Waals surface area contributed by atoms with Crippen LogP contribution in [0.4, 0.5) is 0 Å². The molecule has 1 amide bonds. The van der Waals surface area contributed by atoms with E-state index in [-0.39, 0.29) is 41.1 Å². The molecule has 172 valence electrons. The van der Waals surface area contributed by atoms with Crippen LogP contribution in [0, 0.1) is 0 Å². The number of nitrogens with two attached hydrogens (primary N) is 1. The molecule has 2 atom stereocenters. The summed E-state index contributed by atoms with van der Waals surface area (Å²) in [5.41, 5.74) is 6.91. The van der Waals surface area contributed by atoms with Crippen LogP contribution in [-0.2, 0) is 23.9 Å². The molecule has 2 aliphatic heterocycles. The van der Waals surface area contributed by atoms with Gasteiger partial charge in [-0.1, -0.05) is 54.4 Å². The zero-order valence-corrected chi connectivity index (χ0v) is 20.3. The van der Waals surface area contributed by atoms with Crippen LogP contribution in [-0.4, -0.2) is 41.2 Å². The van der Waals surface area contributed by atoms with Gasteiger partial charge in [0.1, 0.15) is 5.82 Å². The summed E-state index contributed by atoms with van der Waals surface area (Å²) in [5, 5.41) is 0.473. The Morgan fingerprint density at radius 3 is 2.47 bits per heavy atom. The number of carbonyl (C=O) groups excluding carboxylic acids is 3. The van der Waals surface area contributed by atoms with Crippen molar-refractivity contribution >= 4 is 52.8 Å². The average molecular weight is 499 g/mol. The highest BCUT2D eigenvalue weighted by molar-refractivity contribution is 8.04. The van der Waals surface area contributed by atoms with E-state index < -0.39 is 23.1 Å². The molecule has 7 nitrogen and oxygen atoms in total. The monoisotopic (exact) mass is 498 g/mol. The van der Waals surface area contributed by atoms with Crippen LogP contribution in [0.1, 0.15) is 45.1 Å². The molecule has 1 aromatic rings. The summed E-state index contributed by atoms with van der Waals surface area (Å²) >= 11 is 13.7. The van der Waals surface area contributed by atoms with Crippen LogP contribution >= 0.6 is 35.0 Å². The van der Waals surface area contributed by atoms with Crippen LogP contribution in [0.3, 0.4) is 0 Å². The number of hydrogen-bond acceptors (Lipinski definition) is 7. The Bertz CT molecular complexity index is 1020. The molecule has 0 unspecified atom stereocenters. The fraction of sp³-hybridized carbons (Fsp3) is 0.409. The van der Waals surface area contributed by atoms with E-state index in [2.05, 4.69) is 0 Å². The van der Waals surface area contributed by atoms with Crippen LogP contribution in [0.25, 0.3) is 0 Å². The third kappa shape index (κ3) is 4.49. The van der Waals surface area contributed by atoms with Gasteiger partial charge < -0.3 is 15.2 Å². The van der Waals surface area contributed by atoms with Gasteiger partial charge in [0.05, 0.1) is 40.6 Å². The molecule has 1 saturated heterocycles. The van der Waals surface area contributed by atoms with Crippen LogP contribution in [0.15, 0.2) is 40.2 Å². The lowest BCUT2D eigenvalue weighted by molar-refractivity contribution is -0.140. The molecule has 10 heteroatoms. The number of fused-ring (bicyclic) bond motifs is 1. The van der Waals surface area contributed by atoms with Crippen molar-refractivity contribution in [2.45, 2.75) is 44.8 Å². The van der Waals surface area contributed by atoms with Gasteiger partial charge in [0.2, 0.25) is 5.91 Å². The first-order valence-electron chi connectivity index (χ1n) is 10.3. The fourth-order valence-electron chi connectivity index (χ4n) is 3.57. The van der Waals surface area contributed by atoms with Crippen molar-refractivity contribution in [2.75, 3.05) is 13.2 Å². The molecule has 0 bridgehead atoms. The van der Waals surface area contributed by atoms with Gasteiger partial charge in [-0.15, -0.1) is 0 Å². The lowest BCUT2D eigenvalue weighted by atomic mass is 9.82. The van der Waals surface area contributed by atoms with E-state index in [1.807, 2.05) is 6.92 Å². The third-order valence-electron chi connectivity index (χ3n) is 5.10. The standard InChI is InChI=1S/C22H24Cl2N2O5S/c1-4-6-9-31-21(28)16-15(13-8-7-12(23)10-14(13)24)17(22(29)30-5-2)20-26(18(16)25)19(27)11(3)32-20/h7-8,10-11,15H,4-6,9,25H2,1-3H3/t11-,15-/m1/s1. The van der Waals surface area contributed by atoms with E-state index in [0.29, 0.717) is 22.0 Å². The molecular weight excluding hydrogens is 475 g/mol. The van der Waals surface area contributed by atoms with Crippen LogP contribution in [0.5, 0.6) is 0 Å². The van der Waals surface area contributed by atoms with Crippen molar-refractivity contribution < 1.29 is 23.9 Å². The van der Waals surface area contributed by atoms with Gasteiger partial charge in [-0.3, -0.25) is 9.69 Å². The zero-order valence-electron chi connectivity index (χ0n) is 17.9. The lowest BCUT2D eigenvalue weighted by Gasteiger charge is -2.33. The van der Waals surface area contributed by atoms with E-state index in [1.165, 1.54) is 22.7 Å². The molecule has 2 aliphatic rings. The average Bonchev–Trinajstić information content (AvgIpc) is 3.02. The highest BCUT2D eigenvalue weighted by Gasteiger charge is 2.49. The maximum Gasteiger partial charge on any atom is 0.338 e. The first kappa shape index (κ1) is 24.5. The van der Waals surface area contributed by atoms with E-state index in [0.717, 1.165) is 6.42 Å². The summed E-state index contributed by atoms with van der Waals surface area (Å²) in [4.78, 5) is 40.4.